The SMILES string of the molecule is CCCCCCn1c(SCC(=O)Nc2ccc3c(c2)OCCO3)nc2ccccc2c1=O. The standard InChI is InChI=1S/C24H27N3O4S/c1-2-3-4-7-12-27-23(29)18-8-5-6-9-19(18)26-24(27)32-16-22(28)25-17-10-11-20-21(15-17)31-14-13-30-20/h5-6,8-11,15H,2-4,7,12-14,16H2,1H3,(H,25,28). The number of carbonyl (C=O) groups excluding carboxylic acids is 1. The zero-order valence-corrected chi connectivity index (χ0v) is 19.0. The molecular formula is C24H27N3O4S. The molecule has 32 heavy (non-hydrogen) atoms. The Hall–Kier alpha value is -3.00. The van der Waals surface area contributed by atoms with Gasteiger partial charge in [-0.1, -0.05) is 50.1 Å². The van der Waals surface area contributed by atoms with Gasteiger partial charge in [0.05, 0.1) is 16.7 Å². The highest BCUT2D eigenvalue weighted by molar-refractivity contribution is 7.99. The molecule has 4 rings (SSSR count). The number of unbranched alkanes of at least 4 members (excludes halogenated alkanes) is 3. The molecule has 0 radical (unpaired) electrons. The van der Waals surface area contributed by atoms with Crippen LogP contribution in [0.5, 0.6) is 11.5 Å². The van der Waals surface area contributed by atoms with Crippen molar-refractivity contribution in [3.8, 4) is 11.5 Å². The maximum absolute atomic E-state index is 13.1. The summed E-state index contributed by atoms with van der Waals surface area (Å²) in [6.45, 7) is 3.77. The van der Waals surface area contributed by atoms with Gasteiger partial charge in [-0.3, -0.25) is 14.2 Å². The molecule has 1 aromatic heterocycles. The van der Waals surface area contributed by atoms with Gasteiger partial charge < -0.3 is 14.8 Å². The fourth-order valence-electron chi connectivity index (χ4n) is 3.60. The Morgan fingerprint density at radius 3 is 2.75 bits per heavy atom. The summed E-state index contributed by atoms with van der Waals surface area (Å²) in [6.07, 6.45) is 4.23. The molecule has 0 spiro atoms. The Bertz CT molecular complexity index is 1160. The first-order valence-electron chi connectivity index (χ1n) is 11.0. The molecule has 7 nitrogen and oxygen atoms in total. The van der Waals surface area contributed by atoms with Gasteiger partial charge in [-0.25, -0.2) is 4.98 Å². The first-order valence-corrected chi connectivity index (χ1v) is 12.0. The number of anilines is 1. The van der Waals surface area contributed by atoms with Gasteiger partial charge in [-0.05, 0) is 30.7 Å². The van der Waals surface area contributed by atoms with Gasteiger partial charge in [0, 0.05) is 18.3 Å². The van der Waals surface area contributed by atoms with Crippen molar-refractivity contribution in [1.29, 1.82) is 0 Å². The molecule has 0 fully saturated rings. The number of benzene rings is 2. The van der Waals surface area contributed by atoms with Crippen LogP contribution < -0.4 is 20.3 Å². The summed E-state index contributed by atoms with van der Waals surface area (Å²) in [7, 11) is 0. The number of nitrogens with one attached hydrogen (secondary N) is 1. The number of carbonyl (C=O) groups is 1. The summed E-state index contributed by atoms with van der Waals surface area (Å²) in [5.41, 5.74) is 1.24. The average Bonchev–Trinajstić information content (AvgIpc) is 2.82. The summed E-state index contributed by atoms with van der Waals surface area (Å²) in [5.74, 6) is 1.27. The van der Waals surface area contributed by atoms with Crippen molar-refractivity contribution in [2.24, 2.45) is 0 Å². The molecular weight excluding hydrogens is 426 g/mol. The van der Waals surface area contributed by atoms with E-state index in [-0.39, 0.29) is 17.2 Å². The lowest BCUT2D eigenvalue weighted by Gasteiger charge is -2.19. The van der Waals surface area contributed by atoms with Crippen molar-refractivity contribution < 1.29 is 14.3 Å². The van der Waals surface area contributed by atoms with E-state index in [4.69, 9.17) is 9.47 Å². The van der Waals surface area contributed by atoms with Crippen LogP contribution in [-0.4, -0.2) is 34.4 Å². The third kappa shape index (κ3) is 5.24. The van der Waals surface area contributed by atoms with Gasteiger partial charge in [0.1, 0.15) is 13.2 Å². The molecule has 1 aliphatic heterocycles. The molecule has 8 heteroatoms. The Balaban J connectivity index is 1.47. The van der Waals surface area contributed by atoms with Crippen LogP contribution in [0.3, 0.4) is 0 Å². The van der Waals surface area contributed by atoms with E-state index in [9.17, 15) is 9.59 Å². The van der Waals surface area contributed by atoms with E-state index in [1.165, 1.54) is 11.8 Å². The van der Waals surface area contributed by atoms with Crippen molar-refractivity contribution >= 4 is 34.3 Å². The highest BCUT2D eigenvalue weighted by atomic mass is 32.2. The molecule has 0 aliphatic carbocycles. The van der Waals surface area contributed by atoms with Crippen molar-refractivity contribution in [3.63, 3.8) is 0 Å². The Morgan fingerprint density at radius 2 is 1.91 bits per heavy atom. The molecule has 1 N–H and O–H groups in total. The topological polar surface area (TPSA) is 82.5 Å². The van der Waals surface area contributed by atoms with E-state index in [2.05, 4.69) is 17.2 Å². The van der Waals surface area contributed by atoms with Crippen LogP contribution in [0.1, 0.15) is 32.6 Å². The fourth-order valence-corrected chi connectivity index (χ4v) is 4.43. The van der Waals surface area contributed by atoms with E-state index in [1.807, 2.05) is 18.2 Å². The van der Waals surface area contributed by atoms with Crippen LogP contribution in [0.2, 0.25) is 0 Å². The normalized spacial score (nSPS) is 12.7. The summed E-state index contributed by atoms with van der Waals surface area (Å²) >= 11 is 1.28. The molecule has 2 aromatic carbocycles. The van der Waals surface area contributed by atoms with Gasteiger partial charge >= 0.3 is 0 Å². The van der Waals surface area contributed by atoms with Gasteiger partial charge in [-0.15, -0.1) is 0 Å². The maximum atomic E-state index is 13.1. The minimum Gasteiger partial charge on any atom is -0.486 e. The second kappa shape index (κ2) is 10.5. The number of hydrogen-bond acceptors (Lipinski definition) is 6. The lowest BCUT2D eigenvalue weighted by molar-refractivity contribution is -0.113. The second-order valence-electron chi connectivity index (χ2n) is 7.62. The largest absolute Gasteiger partial charge is 0.486 e. The minimum absolute atomic E-state index is 0.0538. The van der Waals surface area contributed by atoms with Crippen LogP contribution in [0.15, 0.2) is 52.4 Å². The Kier molecular flexibility index (Phi) is 7.32. The van der Waals surface area contributed by atoms with Gasteiger partial charge in [-0.2, -0.15) is 0 Å². The number of nitrogens with zero attached hydrogens (tertiary/aromatic N) is 2. The highest BCUT2D eigenvalue weighted by Gasteiger charge is 2.15. The molecule has 0 bridgehead atoms. The zero-order valence-electron chi connectivity index (χ0n) is 18.1. The molecule has 1 amide bonds. The molecule has 0 atom stereocenters. The van der Waals surface area contributed by atoms with E-state index in [1.54, 1.807) is 28.8 Å². The number of hydrogen-bond donors (Lipinski definition) is 1. The second-order valence-corrected chi connectivity index (χ2v) is 8.57. The van der Waals surface area contributed by atoms with Crippen molar-refractivity contribution in [2.45, 2.75) is 44.3 Å². The summed E-state index contributed by atoms with van der Waals surface area (Å²) in [5, 5.41) is 4.06. The van der Waals surface area contributed by atoms with Crippen LogP contribution in [0, 0.1) is 0 Å². The number of rotatable bonds is 9. The van der Waals surface area contributed by atoms with Crippen LogP contribution in [0.25, 0.3) is 10.9 Å². The third-order valence-electron chi connectivity index (χ3n) is 5.22. The Labute approximate surface area is 191 Å². The maximum Gasteiger partial charge on any atom is 0.262 e. The number of ether oxygens (including phenoxy) is 2. The van der Waals surface area contributed by atoms with E-state index >= 15 is 0 Å². The van der Waals surface area contributed by atoms with Crippen molar-refractivity contribution in [1.82, 2.24) is 9.55 Å². The van der Waals surface area contributed by atoms with E-state index in [0.29, 0.717) is 53.0 Å². The Morgan fingerprint density at radius 1 is 1.09 bits per heavy atom. The summed E-state index contributed by atoms with van der Waals surface area (Å²) < 4.78 is 12.8. The van der Waals surface area contributed by atoms with Crippen LogP contribution >= 0.6 is 11.8 Å². The minimum atomic E-state index is -0.174. The molecule has 0 unspecified atom stereocenters. The smallest absolute Gasteiger partial charge is 0.262 e. The third-order valence-corrected chi connectivity index (χ3v) is 6.20. The molecule has 168 valence electrons. The first-order chi connectivity index (χ1) is 15.7. The first kappa shape index (κ1) is 22.2. The van der Waals surface area contributed by atoms with Crippen molar-refractivity contribution in [3.05, 3.63) is 52.8 Å². The van der Waals surface area contributed by atoms with Gasteiger partial charge in [0.25, 0.3) is 5.56 Å². The highest BCUT2D eigenvalue weighted by Crippen LogP contribution is 2.32. The number of amides is 1. The number of thioether (sulfide) groups is 1. The lowest BCUT2D eigenvalue weighted by Crippen LogP contribution is -2.24. The predicted octanol–water partition coefficient (Wildman–Crippen LogP) is 4.48. The lowest BCUT2D eigenvalue weighted by atomic mass is 10.2. The van der Waals surface area contributed by atoms with Crippen LogP contribution in [0.4, 0.5) is 5.69 Å². The van der Waals surface area contributed by atoms with Crippen molar-refractivity contribution in [2.75, 3.05) is 24.3 Å². The summed E-state index contributed by atoms with van der Waals surface area (Å²) in [6, 6.07) is 12.7. The fraction of sp³-hybridized carbons (Fsp3) is 0.375. The quantitative estimate of drug-likeness (QED) is 0.292. The predicted molar refractivity (Wildman–Crippen MR) is 127 cm³/mol. The number of aromatic nitrogens is 2. The molecule has 2 heterocycles. The van der Waals surface area contributed by atoms with E-state index < -0.39 is 0 Å². The zero-order chi connectivity index (χ0) is 22.3. The molecule has 3 aromatic rings. The van der Waals surface area contributed by atoms with E-state index in [0.717, 1.165) is 25.7 Å². The van der Waals surface area contributed by atoms with Crippen LogP contribution in [-0.2, 0) is 11.3 Å². The average molecular weight is 454 g/mol. The number of fused-ring (bicyclic) bond motifs is 2. The molecule has 1 aliphatic rings. The summed E-state index contributed by atoms with van der Waals surface area (Å²) in [4.78, 5) is 30.3. The monoisotopic (exact) mass is 453 g/mol. The molecule has 0 saturated carbocycles. The number of para-hydroxylation sites is 1. The molecule has 0 saturated heterocycles. The van der Waals surface area contributed by atoms with Gasteiger partial charge in [0.15, 0.2) is 16.7 Å². The van der Waals surface area contributed by atoms with Gasteiger partial charge in [0.2, 0.25) is 5.91 Å².